The van der Waals surface area contributed by atoms with E-state index < -0.39 is 0 Å². The number of hydrogen-bond acceptors (Lipinski definition) is 2. The topological polar surface area (TPSA) is 80.0 Å². The standard InChI is InChI=1S/C11H19N5S.2C2H6/c1-8-4-5-9(17-8)6-7-14-10(12)15-11(13)16(2)3;2*1-2/h4-5H,6-7H2,1-3H3,(H4,12,13,14,15);2*1-2H3. The molecule has 0 atom stereocenters. The van der Waals surface area contributed by atoms with Gasteiger partial charge in [-0.25, -0.2) is 0 Å². The second-order valence-electron chi connectivity index (χ2n) is 3.87. The minimum Gasteiger partial charge on any atom is -0.369 e. The minimum atomic E-state index is 0.226. The molecule has 21 heavy (non-hydrogen) atoms. The molecule has 0 unspecified atom stereocenters. The van der Waals surface area contributed by atoms with Crippen LogP contribution in [0.5, 0.6) is 0 Å². The van der Waals surface area contributed by atoms with Gasteiger partial charge in [0.25, 0.3) is 0 Å². The number of nitrogens with two attached hydrogens (primary N) is 2. The number of guanidine groups is 2. The molecular weight excluding hydrogens is 282 g/mol. The summed E-state index contributed by atoms with van der Waals surface area (Å²) >= 11 is 1.78. The van der Waals surface area contributed by atoms with Crippen LogP contribution in [-0.2, 0) is 6.42 Å². The Morgan fingerprint density at radius 3 is 2.14 bits per heavy atom. The van der Waals surface area contributed by atoms with E-state index in [1.807, 2.05) is 27.7 Å². The molecule has 0 saturated heterocycles. The molecule has 1 rings (SSSR count). The minimum absolute atomic E-state index is 0.226. The van der Waals surface area contributed by atoms with Crippen molar-refractivity contribution in [3.63, 3.8) is 0 Å². The van der Waals surface area contributed by atoms with Gasteiger partial charge in [0.05, 0.1) is 0 Å². The van der Waals surface area contributed by atoms with Crippen molar-refractivity contribution < 1.29 is 0 Å². The van der Waals surface area contributed by atoms with E-state index >= 15 is 0 Å². The molecule has 0 saturated carbocycles. The molecule has 0 radical (unpaired) electrons. The normalized spacial score (nSPS) is 11.0. The quantitative estimate of drug-likeness (QED) is 0.665. The summed E-state index contributed by atoms with van der Waals surface area (Å²) in [6, 6.07) is 4.22. The predicted octanol–water partition coefficient (Wildman–Crippen LogP) is 2.84. The summed E-state index contributed by atoms with van der Waals surface area (Å²) in [6.45, 7) is 10.7. The first kappa shape index (κ1) is 21.7. The largest absolute Gasteiger partial charge is 0.369 e. The number of aryl methyl sites for hydroxylation is 1. The number of nitrogens with zero attached hydrogens (tertiary/aromatic N) is 3. The van der Waals surface area contributed by atoms with Crippen LogP contribution in [0.15, 0.2) is 22.1 Å². The summed E-state index contributed by atoms with van der Waals surface area (Å²) in [4.78, 5) is 12.4. The monoisotopic (exact) mass is 313 g/mol. The maximum atomic E-state index is 5.64. The molecule has 6 heteroatoms. The maximum Gasteiger partial charge on any atom is 0.218 e. The molecule has 0 fully saturated rings. The molecule has 122 valence electrons. The fourth-order valence-electron chi connectivity index (χ4n) is 1.15. The lowest BCUT2D eigenvalue weighted by Gasteiger charge is -2.09. The van der Waals surface area contributed by atoms with Crippen LogP contribution in [0.3, 0.4) is 0 Å². The lowest BCUT2D eigenvalue weighted by atomic mass is 10.3. The molecule has 0 spiro atoms. The van der Waals surface area contributed by atoms with E-state index in [-0.39, 0.29) is 5.96 Å². The van der Waals surface area contributed by atoms with Crippen LogP contribution in [0.2, 0.25) is 0 Å². The van der Waals surface area contributed by atoms with E-state index in [0.29, 0.717) is 12.5 Å². The Morgan fingerprint density at radius 2 is 1.71 bits per heavy atom. The van der Waals surface area contributed by atoms with Crippen LogP contribution in [0, 0.1) is 6.92 Å². The number of thiophene rings is 1. The smallest absolute Gasteiger partial charge is 0.218 e. The van der Waals surface area contributed by atoms with Gasteiger partial charge in [-0.05, 0) is 19.1 Å². The Bertz CT molecular complexity index is 421. The van der Waals surface area contributed by atoms with E-state index in [1.165, 1.54) is 9.75 Å². The van der Waals surface area contributed by atoms with Gasteiger partial charge < -0.3 is 16.4 Å². The van der Waals surface area contributed by atoms with Crippen LogP contribution < -0.4 is 11.5 Å². The highest BCUT2D eigenvalue weighted by Crippen LogP contribution is 2.15. The Kier molecular flexibility index (Phi) is 13.9. The molecule has 0 aromatic carbocycles. The van der Waals surface area contributed by atoms with Gasteiger partial charge in [0.2, 0.25) is 5.96 Å². The summed E-state index contributed by atoms with van der Waals surface area (Å²) < 4.78 is 0. The molecule has 1 aromatic heterocycles. The summed E-state index contributed by atoms with van der Waals surface area (Å²) in [6.07, 6.45) is 0.886. The first-order chi connectivity index (χ1) is 9.99. The summed E-state index contributed by atoms with van der Waals surface area (Å²) in [5.74, 6) is 0.586. The highest BCUT2D eigenvalue weighted by molar-refractivity contribution is 7.11. The third kappa shape index (κ3) is 10.8. The van der Waals surface area contributed by atoms with Crippen molar-refractivity contribution in [3.8, 4) is 0 Å². The van der Waals surface area contributed by atoms with Crippen molar-refractivity contribution in [3.05, 3.63) is 21.9 Å². The van der Waals surface area contributed by atoms with Gasteiger partial charge in [0.15, 0.2) is 5.96 Å². The van der Waals surface area contributed by atoms with Gasteiger partial charge in [-0.2, -0.15) is 4.99 Å². The summed E-state index contributed by atoms with van der Waals surface area (Å²) in [7, 11) is 3.61. The zero-order valence-electron chi connectivity index (χ0n) is 14.5. The van der Waals surface area contributed by atoms with Crippen LogP contribution in [0.25, 0.3) is 0 Å². The van der Waals surface area contributed by atoms with Gasteiger partial charge in [-0.1, -0.05) is 27.7 Å². The Morgan fingerprint density at radius 1 is 1.14 bits per heavy atom. The molecular formula is C15H31N5S. The van der Waals surface area contributed by atoms with Crippen molar-refractivity contribution >= 4 is 23.3 Å². The summed E-state index contributed by atoms with van der Waals surface area (Å²) in [5, 5.41) is 0. The van der Waals surface area contributed by atoms with Crippen molar-refractivity contribution in [2.75, 3.05) is 20.6 Å². The fraction of sp³-hybridized carbons (Fsp3) is 0.600. The Labute approximate surface area is 133 Å². The lowest BCUT2D eigenvalue weighted by Crippen LogP contribution is -2.32. The van der Waals surface area contributed by atoms with Gasteiger partial charge in [-0.15, -0.1) is 11.3 Å². The predicted molar refractivity (Wildman–Crippen MR) is 97.3 cm³/mol. The Hall–Kier alpha value is -1.56. The number of rotatable bonds is 3. The van der Waals surface area contributed by atoms with Crippen LogP contribution in [-0.4, -0.2) is 37.5 Å². The maximum absolute atomic E-state index is 5.64. The van der Waals surface area contributed by atoms with Crippen molar-refractivity contribution in [1.29, 1.82) is 0 Å². The highest BCUT2D eigenvalue weighted by Gasteiger charge is 1.98. The fourth-order valence-corrected chi connectivity index (χ4v) is 2.03. The number of aliphatic imine (C=N–C) groups is 2. The first-order valence-corrected chi connectivity index (χ1v) is 8.17. The van der Waals surface area contributed by atoms with E-state index in [0.717, 1.165) is 6.42 Å². The second-order valence-corrected chi connectivity index (χ2v) is 5.24. The average Bonchev–Trinajstić information content (AvgIpc) is 2.88. The third-order valence-corrected chi connectivity index (χ3v) is 3.18. The second kappa shape index (κ2) is 13.4. The van der Waals surface area contributed by atoms with E-state index in [2.05, 4.69) is 29.0 Å². The molecule has 4 N–H and O–H groups in total. The first-order valence-electron chi connectivity index (χ1n) is 7.35. The van der Waals surface area contributed by atoms with Gasteiger partial charge in [0.1, 0.15) is 0 Å². The van der Waals surface area contributed by atoms with Gasteiger partial charge >= 0.3 is 0 Å². The van der Waals surface area contributed by atoms with Gasteiger partial charge in [0, 0.05) is 36.8 Å². The molecule has 1 aromatic rings. The molecule has 0 amide bonds. The van der Waals surface area contributed by atoms with E-state index in [9.17, 15) is 0 Å². The van der Waals surface area contributed by atoms with Crippen LogP contribution in [0.4, 0.5) is 0 Å². The SMILES string of the molecule is CC.CC.Cc1ccc(CCN=C(N)/N=C(\N)N(C)C)s1. The van der Waals surface area contributed by atoms with Crippen LogP contribution >= 0.6 is 11.3 Å². The van der Waals surface area contributed by atoms with E-state index in [4.69, 9.17) is 11.5 Å². The highest BCUT2D eigenvalue weighted by atomic mass is 32.1. The zero-order valence-corrected chi connectivity index (χ0v) is 15.3. The van der Waals surface area contributed by atoms with Crippen molar-refractivity contribution in [2.24, 2.45) is 21.5 Å². The summed E-state index contributed by atoms with van der Waals surface area (Å²) in [5.41, 5.74) is 11.3. The third-order valence-electron chi connectivity index (χ3n) is 2.12. The van der Waals surface area contributed by atoms with Crippen molar-refractivity contribution in [2.45, 2.75) is 41.0 Å². The molecule has 0 aliphatic rings. The van der Waals surface area contributed by atoms with E-state index in [1.54, 1.807) is 30.3 Å². The molecule has 0 aliphatic heterocycles. The lowest BCUT2D eigenvalue weighted by molar-refractivity contribution is 0.615. The Balaban J connectivity index is 0. The molecule has 0 bridgehead atoms. The van der Waals surface area contributed by atoms with Crippen LogP contribution in [0.1, 0.15) is 37.4 Å². The zero-order chi connectivity index (χ0) is 16.8. The molecule has 1 heterocycles. The average molecular weight is 314 g/mol. The number of hydrogen-bond donors (Lipinski definition) is 2. The van der Waals surface area contributed by atoms with Crippen molar-refractivity contribution in [1.82, 2.24) is 4.90 Å². The van der Waals surface area contributed by atoms with Gasteiger partial charge in [-0.3, -0.25) is 4.99 Å². The molecule has 5 nitrogen and oxygen atoms in total. The molecule has 0 aliphatic carbocycles.